The van der Waals surface area contributed by atoms with E-state index in [0.29, 0.717) is 0 Å². The van der Waals surface area contributed by atoms with Crippen molar-refractivity contribution in [2.24, 2.45) is 11.5 Å². The van der Waals surface area contributed by atoms with E-state index in [4.69, 9.17) is 21.7 Å². The number of carbonyl (C=O) groups is 6. The Balaban J connectivity index is 4.84. The normalized spacial score (nSPS) is 14.7. The molecule has 4 atom stereocenters. The lowest BCUT2D eigenvalue weighted by atomic mass is 10.1. The second-order valence-corrected chi connectivity index (χ2v) is 6.11. The largest absolute Gasteiger partial charge is 0.481 e. The van der Waals surface area contributed by atoms with Gasteiger partial charge in [0.15, 0.2) is 0 Å². The molecule has 0 bridgehead atoms. The van der Waals surface area contributed by atoms with Crippen molar-refractivity contribution < 1.29 is 39.0 Å². The monoisotopic (exact) mass is 421 g/mol. The molecule has 0 aromatic carbocycles. The van der Waals surface area contributed by atoms with Gasteiger partial charge in [-0.1, -0.05) is 0 Å². The van der Waals surface area contributed by atoms with Gasteiger partial charge in [0.25, 0.3) is 0 Å². The summed E-state index contributed by atoms with van der Waals surface area (Å²) in [4.78, 5) is 68.3. The zero-order valence-corrected chi connectivity index (χ0v) is 15.8. The van der Waals surface area contributed by atoms with Crippen molar-refractivity contribution in [2.45, 2.75) is 43.9 Å². The summed E-state index contributed by atoms with van der Waals surface area (Å²) < 4.78 is 0. The second-order valence-electron chi connectivity index (χ2n) is 5.75. The molecule has 0 aliphatic carbocycles. The van der Waals surface area contributed by atoms with Gasteiger partial charge in [-0.05, 0) is 6.92 Å². The Morgan fingerprint density at radius 2 is 1.43 bits per heavy atom. The first-order valence-electron chi connectivity index (χ1n) is 7.89. The number of primary amides is 1. The van der Waals surface area contributed by atoms with Gasteiger partial charge >= 0.3 is 11.9 Å². The lowest BCUT2D eigenvalue weighted by Crippen LogP contribution is -2.57. The van der Waals surface area contributed by atoms with Gasteiger partial charge in [0.05, 0.1) is 18.9 Å². The summed E-state index contributed by atoms with van der Waals surface area (Å²) in [6.45, 7) is 1.23. The Kier molecular flexibility index (Phi) is 10.6. The lowest BCUT2D eigenvalue weighted by Gasteiger charge is -2.22. The first kappa shape index (κ1) is 25.1. The number of nitrogens with one attached hydrogen (secondary N) is 3. The molecule has 0 fully saturated rings. The predicted molar refractivity (Wildman–Crippen MR) is 97.0 cm³/mol. The maximum Gasteiger partial charge on any atom is 0.326 e. The molecule has 0 aliphatic rings. The number of carbonyl (C=O) groups excluding carboxylic acids is 4. The van der Waals surface area contributed by atoms with E-state index in [-0.39, 0.29) is 5.75 Å². The Bertz CT molecular complexity index is 643. The molecule has 13 nitrogen and oxygen atoms in total. The van der Waals surface area contributed by atoms with Gasteiger partial charge in [-0.15, -0.1) is 0 Å². The van der Waals surface area contributed by atoms with Crippen LogP contribution in [-0.4, -0.2) is 75.7 Å². The molecule has 158 valence electrons. The number of nitrogens with two attached hydrogens (primary N) is 2. The number of amides is 4. The van der Waals surface area contributed by atoms with E-state index >= 15 is 0 Å². The zero-order chi connectivity index (χ0) is 22.0. The predicted octanol–water partition coefficient (Wildman–Crippen LogP) is -3.85. The van der Waals surface area contributed by atoms with E-state index in [1.54, 1.807) is 0 Å². The summed E-state index contributed by atoms with van der Waals surface area (Å²) in [7, 11) is 0. The Morgan fingerprint density at radius 1 is 0.893 bits per heavy atom. The zero-order valence-electron chi connectivity index (χ0n) is 14.9. The van der Waals surface area contributed by atoms with E-state index < -0.39 is 72.6 Å². The molecule has 0 saturated carbocycles. The average Bonchev–Trinajstić information content (AvgIpc) is 2.57. The Morgan fingerprint density at radius 3 is 1.86 bits per heavy atom. The average molecular weight is 421 g/mol. The Labute approximate surface area is 165 Å². The van der Waals surface area contributed by atoms with Crippen LogP contribution in [0.5, 0.6) is 0 Å². The van der Waals surface area contributed by atoms with Gasteiger partial charge in [-0.3, -0.25) is 24.0 Å². The van der Waals surface area contributed by atoms with Crippen LogP contribution in [0.25, 0.3) is 0 Å². The molecule has 0 spiro atoms. The molecule has 4 amide bonds. The van der Waals surface area contributed by atoms with Crippen LogP contribution < -0.4 is 27.4 Å². The first-order chi connectivity index (χ1) is 12.9. The van der Waals surface area contributed by atoms with E-state index in [1.165, 1.54) is 6.92 Å². The second kappa shape index (κ2) is 11.8. The SMILES string of the molecule is CC(NC(=O)C(CS)NC(=O)C(N)CC(N)=O)C(=O)NC(CC(=O)O)C(=O)O. The number of carboxylic acid groups (broad SMARTS) is 2. The minimum absolute atomic E-state index is 0.175. The third kappa shape index (κ3) is 9.18. The molecule has 0 saturated heterocycles. The molecule has 28 heavy (non-hydrogen) atoms. The quantitative estimate of drug-likeness (QED) is 0.144. The van der Waals surface area contributed by atoms with Crippen molar-refractivity contribution in [3.63, 3.8) is 0 Å². The summed E-state index contributed by atoms with van der Waals surface area (Å²) >= 11 is 3.91. The molecule has 0 aromatic rings. The summed E-state index contributed by atoms with van der Waals surface area (Å²) in [6, 6.07) is -5.42. The van der Waals surface area contributed by atoms with E-state index in [2.05, 4.69) is 23.3 Å². The van der Waals surface area contributed by atoms with Crippen molar-refractivity contribution in [1.29, 1.82) is 0 Å². The highest BCUT2D eigenvalue weighted by Gasteiger charge is 2.28. The number of thiol groups is 1. The smallest absolute Gasteiger partial charge is 0.326 e. The first-order valence-corrected chi connectivity index (χ1v) is 8.52. The van der Waals surface area contributed by atoms with Crippen LogP contribution in [0.2, 0.25) is 0 Å². The summed E-state index contributed by atoms with van der Waals surface area (Å²) in [5.74, 6) is -6.59. The standard InChI is InChI=1S/C14H23N5O8S/c1-5(11(23)18-7(14(26)27)3-10(21)22)17-13(25)8(4-28)19-12(24)6(15)2-9(16)20/h5-8,28H,2-4,15H2,1H3,(H2,16,20)(H,17,25)(H,18,23)(H,19,24)(H,21,22)(H,26,27). The van der Waals surface area contributed by atoms with Gasteiger partial charge in [0, 0.05) is 5.75 Å². The van der Waals surface area contributed by atoms with E-state index in [1.807, 2.05) is 5.32 Å². The molecule has 0 radical (unpaired) electrons. The number of carboxylic acids is 2. The van der Waals surface area contributed by atoms with E-state index in [9.17, 15) is 28.8 Å². The van der Waals surface area contributed by atoms with Crippen molar-refractivity contribution >= 4 is 48.2 Å². The fourth-order valence-electron chi connectivity index (χ4n) is 1.83. The maximum absolute atomic E-state index is 12.2. The third-order valence-electron chi connectivity index (χ3n) is 3.32. The summed E-state index contributed by atoms with van der Waals surface area (Å²) in [5, 5.41) is 24.0. The highest BCUT2D eigenvalue weighted by atomic mass is 32.1. The molecule has 0 heterocycles. The number of rotatable bonds is 12. The topological polar surface area (TPSA) is 231 Å². The number of hydrogen-bond acceptors (Lipinski definition) is 8. The Hall–Kier alpha value is -2.87. The summed E-state index contributed by atoms with van der Waals surface area (Å²) in [5.41, 5.74) is 10.4. The summed E-state index contributed by atoms with van der Waals surface area (Å²) in [6.07, 6.45) is -1.29. The number of aliphatic carboxylic acids is 2. The molecule has 0 rings (SSSR count). The molecule has 4 unspecified atom stereocenters. The molecular weight excluding hydrogens is 398 g/mol. The molecule has 0 aromatic heterocycles. The minimum Gasteiger partial charge on any atom is -0.481 e. The van der Waals surface area contributed by atoms with Crippen LogP contribution in [-0.2, 0) is 28.8 Å². The van der Waals surface area contributed by atoms with Crippen molar-refractivity contribution in [3.8, 4) is 0 Å². The van der Waals surface area contributed by atoms with Crippen LogP contribution in [0, 0.1) is 0 Å². The fraction of sp³-hybridized carbons (Fsp3) is 0.571. The van der Waals surface area contributed by atoms with Crippen LogP contribution >= 0.6 is 12.6 Å². The number of hydrogen-bond donors (Lipinski definition) is 8. The molecule has 0 aliphatic heterocycles. The van der Waals surface area contributed by atoms with Crippen molar-refractivity contribution in [3.05, 3.63) is 0 Å². The molecule has 14 heteroatoms. The highest BCUT2D eigenvalue weighted by Crippen LogP contribution is 1.97. The third-order valence-corrected chi connectivity index (χ3v) is 3.68. The van der Waals surface area contributed by atoms with E-state index in [0.717, 1.165) is 0 Å². The van der Waals surface area contributed by atoms with Crippen molar-refractivity contribution in [2.75, 3.05) is 5.75 Å². The minimum atomic E-state index is -1.68. The van der Waals surface area contributed by atoms with Crippen molar-refractivity contribution in [1.82, 2.24) is 16.0 Å². The van der Waals surface area contributed by atoms with Crippen LogP contribution in [0.4, 0.5) is 0 Å². The fourth-order valence-corrected chi connectivity index (χ4v) is 2.09. The van der Waals surface area contributed by atoms with Gasteiger partial charge < -0.3 is 37.6 Å². The van der Waals surface area contributed by atoms with Gasteiger partial charge in [0.1, 0.15) is 18.1 Å². The van der Waals surface area contributed by atoms with Crippen LogP contribution in [0.15, 0.2) is 0 Å². The highest BCUT2D eigenvalue weighted by molar-refractivity contribution is 7.80. The van der Waals surface area contributed by atoms with Crippen LogP contribution in [0.3, 0.4) is 0 Å². The van der Waals surface area contributed by atoms with Crippen LogP contribution in [0.1, 0.15) is 19.8 Å². The molecular formula is C14H23N5O8S. The van der Waals surface area contributed by atoms with Gasteiger partial charge in [-0.2, -0.15) is 12.6 Å². The maximum atomic E-state index is 12.2. The van der Waals surface area contributed by atoms with Gasteiger partial charge in [-0.25, -0.2) is 4.79 Å². The van der Waals surface area contributed by atoms with Gasteiger partial charge in [0.2, 0.25) is 23.6 Å². The molecule has 9 N–H and O–H groups in total. The lowest BCUT2D eigenvalue weighted by molar-refractivity contribution is -0.147.